The Bertz CT molecular complexity index is 1120. The van der Waals surface area contributed by atoms with Crippen LogP contribution in [0.4, 0.5) is 0 Å². The first-order valence-corrected chi connectivity index (χ1v) is 15.8. The van der Waals surface area contributed by atoms with Gasteiger partial charge in [0.15, 0.2) is 5.82 Å². The average molecular weight is 595 g/mol. The molecule has 0 spiro atoms. The average Bonchev–Trinajstić information content (AvgIpc) is 3.33. The summed E-state index contributed by atoms with van der Waals surface area (Å²) in [5.74, 6) is -0.405. The Morgan fingerprint density at radius 2 is 1.54 bits per heavy atom. The summed E-state index contributed by atoms with van der Waals surface area (Å²) in [5, 5.41) is 23.7. The van der Waals surface area contributed by atoms with Gasteiger partial charge in [0.2, 0.25) is 11.8 Å². The number of nitrogens with one attached hydrogen (secondary N) is 3. The van der Waals surface area contributed by atoms with Gasteiger partial charge in [0.05, 0.1) is 19.3 Å². The quantitative estimate of drug-likeness (QED) is 0.190. The molecule has 41 heavy (non-hydrogen) atoms. The number of aryl methyl sites for hydroxylation is 1. The first-order chi connectivity index (χ1) is 19.4. The first-order valence-electron chi connectivity index (χ1n) is 14.2. The fourth-order valence-electron chi connectivity index (χ4n) is 4.48. The van der Waals surface area contributed by atoms with Crippen molar-refractivity contribution in [2.75, 3.05) is 13.2 Å². The molecule has 2 aromatic rings. The van der Waals surface area contributed by atoms with Gasteiger partial charge in [0, 0.05) is 7.05 Å². The maximum Gasteiger partial charge on any atom is 0.406 e. The molecule has 230 valence electrons. The monoisotopic (exact) mass is 594 g/mol. The number of rotatable bonds is 18. The van der Waals surface area contributed by atoms with Gasteiger partial charge in [0.1, 0.15) is 24.5 Å². The lowest BCUT2D eigenvalue weighted by molar-refractivity contribution is -0.131. The molecular formula is C28H47N6O6P. The topological polar surface area (TPSA) is 157 Å². The molecule has 0 saturated carbocycles. The Balaban J connectivity index is 2.31. The molecule has 12 nitrogen and oxygen atoms in total. The van der Waals surface area contributed by atoms with Crippen LogP contribution in [-0.2, 0) is 36.7 Å². The number of aromatic nitrogens is 3. The standard InChI is InChI=1S/C28H47N6O6P/c1-8-39-41(38,40-9-2)33-24(17-21-13-11-10-12-14-21)28(37)32-23(16-20(5)6)27(36)31-22(15-19(3)4)25(35)26-29-18-30-34(26)7/h10-14,18-20,22-25,35H,8-9,15-17H2,1-7H3,(H,31,36)(H,32,37)(H,33,38)/t22-,23-,24-,25+/m0/s1. The van der Waals surface area contributed by atoms with Gasteiger partial charge in [-0.15, -0.1) is 0 Å². The van der Waals surface area contributed by atoms with E-state index in [-0.39, 0.29) is 31.5 Å². The Morgan fingerprint density at radius 1 is 0.951 bits per heavy atom. The van der Waals surface area contributed by atoms with Gasteiger partial charge in [-0.25, -0.2) is 14.6 Å². The van der Waals surface area contributed by atoms with Gasteiger partial charge in [-0.05, 0) is 50.5 Å². The molecular weight excluding hydrogens is 547 g/mol. The number of carbonyl (C=O) groups excluding carboxylic acids is 2. The molecule has 2 amide bonds. The summed E-state index contributed by atoms with van der Waals surface area (Å²) in [6.45, 7) is 11.5. The lowest BCUT2D eigenvalue weighted by Crippen LogP contribution is -2.55. The summed E-state index contributed by atoms with van der Waals surface area (Å²) >= 11 is 0. The van der Waals surface area contributed by atoms with Crippen LogP contribution in [0.15, 0.2) is 36.7 Å². The van der Waals surface area contributed by atoms with Crippen molar-refractivity contribution in [2.24, 2.45) is 18.9 Å². The highest BCUT2D eigenvalue weighted by Crippen LogP contribution is 2.44. The molecule has 0 radical (unpaired) electrons. The third kappa shape index (κ3) is 11.3. The molecule has 13 heteroatoms. The maximum atomic E-state index is 13.7. The van der Waals surface area contributed by atoms with Gasteiger partial charge in [-0.2, -0.15) is 5.10 Å². The summed E-state index contributed by atoms with van der Waals surface area (Å²) < 4.78 is 25.6. The molecule has 0 fully saturated rings. The van der Waals surface area contributed by atoms with Crippen molar-refractivity contribution >= 4 is 19.6 Å². The van der Waals surface area contributed by atoms with Crippen LogP contribution < -0.4 is 15.7 Å². The second-order valence-corrected chi connectivity index (χ2v) is 12.6. The number of hydrogen-bond acceptors (Lipinski definition) is 8. The van der Waals surface area contributed by atoms with Crippen LogP contribution in [0.5, 0.6) is 0 Å². The normalized spacial score (nSPS) is 15.0. The van der Waals surface area contributed by atoms with Crippen LogP contribution in [-0.4, -0.2) is 63.0 Å². The van der Waals surface area contributed by atoms with Gasteiger partial charge < -0.3 is 15.7 Å². The second-order valence-electron chi connectivity index (χ2n) is 10.8. The van der Waals surface area contributed by atoms with E-state index in [0.29, 0.717) is 18.7 Å². The van der Waals surface area contributed by atoms with Crippen molar-refractivity contribution in [3.8, 4) is 0 Å². The summed E-state index contributed by atoms with van der Waals surface area (Å²) in [6, 6.07) is 6.69. The molecule has 1 aromatic carbocycles. The molecule has 0 unspecified atom stereocenters. The highest BCUT2D eigenvalue weighted by molar-refractivity contribution is 7.51. The number of carbonyl (C=O) groups is 2. The zero-order valence-corrected chi connectivity index (χ0v) is 26.1. The van der Waals surface area contributed by atoms with Crippen LogP contribution in [0, 0.1) is 11.8 Å². The van der Waals surface area contributed by atoms with Crippen molar-refractivity contribution in [3.05, 3.63) is 48.0 Å². The minimum atomic E-state index is -3.80. The van der Waals surface area contributed by atoms with Crippen LogP contribution in [0.1, 0.15) is 71.9 Å². The van der Waals surface area contributed by atoms with Crippen molar-refractivity contribution in [1.82, 2.24) is 30.5 Å². The SMILES string of the molecule is CCOP(=O)(N[C@@H](Cc1ccccc1)C(=O)N[C@@H](CC(C)C)C(=O)N[C@@H](CC(C)C)[C@@H](O)c1ncnn1C)OCC. The smallest absolute Gasteiger partial charge is 0.383 e. The van der Waals surface area contributed by atoms with Crippen molar-refractivity contribution < 1.29 is 28.3 Å². The minimum absolute atomic E-state index is 0.0664. The number of nitrogens with zero attached hydrogens (tertiary/aromatic N) is 3. The highest BCUT2D eigenvalue weighted by atomic mass is 31.2. The van der Waals surface area contributed by atoms with Crippen LogP contribution >= 0.6 is 7.75 Å². The molecule has 4 N–H and O–H groups in total. The van der Waals surface area contributed by atoms with E-state index in [4.69, 9.17) is 9.05 Å². The van der Waals surface area contributed by atoms with Crippen LogP contribution in [0.25, 0.3) is 0 Å². The molecule has 0 saturated heterocycles. The lowest BCUT2D eigenvalue weighted by Gasteiger charge is -2.30. The van der Waals surface area contributed by atoms with E-state index in [9.17, 15) is 19.3 Å². The first kappa shape index (κ1) is 34.6. The number of hydrogen-bond donors (Lipinski definition) is 4. The third-order valence-electron chi connectivity index (χ3n) is 6.30. The zero-order chi connectivity index (χ0) is 30.6. The Labute approximate surface area is 243 Å². The van der Waals surface area contributed by atoms with E-state index < -0.39 is 43.8 Å². The van der Waals surface area contributed by atoms with E-state index in [1.165, 1.54) is 11.0 Å². The van der Waals surface area contributed by atoms with Crippen LogP contribution in [0.3, 0.4) is 0 Å². The minimum Gasteiger partial charge on any atom is -0.383 e. The molecule has 2 rings (SSSR count). The molecule has 1 heterocycles. The fourth-order valence-corrected chi connectivity index (χ4v) is 5.97. The molecule has 0 aliphatic heterocycles. The van der Waals surface area contributed by atoms with E-state index >= 15 is 0 Å². The Hall–Kier alpha value is -2.63. The number of benzene rings is 1. The lowest BCUT2D eigenvalue weighted by atomic mass is 9.96. The third-order valence-corrected chi connectivity index (χ3v) is 8.12. The van der Waals surface area contributed by atoms with Gasteiger partial charge in [0.25, 0.3) is 0 Å². The maximum absolute atomic E-state index is 13.7. The van der Waals surface area contributed by atoms with E-state index in [1.54, 1.807) is 20.9 Å². The van der Waals surface area contributed by atoms with E-state index in [2.05, 4.69) is 25.8 Å². The highest BCUT2D eigenvalue weighted by Gasteiger charge is 2.35. The van der Waals surface area contributed by atoms with Crippen molar-refractivity contribution in [3.63, 3.8) is 0 Å². The molecule has 0 aliphatic carbocycles. The summed E-state index contributed by atoms with van der Waals surface area (Å²) in [7, 11) is -2.13. The number of aliphatic hydroxyl groups excluding tert-OH is 1. The summed E-state index contributed by atoms with van der Waals surface area (Å²) in [6.07, 6.45) is 1.26. The van der Waals surface area contributed by atoms with E-state index in [0.717, 1.165) is 5.56 Å². The van der Waals surface area contributed by atoms with Gasteiger partial charge in [-0.3, -0.25) is 23.3 Å². The Kier molecular flexibility index (Phi) is 14.1. The van der Waals surface area contributed by atoms with Gasteiger partial charge >= 0.3 is 7.75 Å². The second kappa shape index (κ2) is 16.7. The summed E-state index contributed by atoms with van der Waals surface area (Å²) in [5.41, 5.74) is 0.827. The molecule has 0 aliphatic rings. The largest absolute Gasteiger partial charge is 0.406 e. The van der Waals surface area contributed by atoms with Crippen LogP contribution in [0.2, 0.25) is 0 Å². The number of aliphatic hydroxyl groups is 1. The summed E-state index contributed by atoms with van der Waals surface area (Å²) in [4.78, 5) is 31.5. The zero-order valence-electron chi connectivity index (χ0n) is 25.2. The molecule has 0 bridgehead atoms. The Morgan fingerprint density at radius 3 is 2.05 bits per heavy atom. The fraction of sp³-hybridized carbons (Fsp3) is 0.643. The van der Waals surface area contributed by atoms with Crippen molar-refractivity contribution in [2.45, 2.75) is 85.0 Å². The van der Waals surface area contributed by atoms with Gasteiger partial charge in [-0.1, -0.05) is 58.0 Å². The predicted molar refractivity (Wildman–Crippen MR) is 157 cm³/mol. The van der Waals surface area contributed by atoms with E-state index in [1.807, 2.05) is 58.0 Å². The van der Waals surface area contributed by atoms with Crippen molar-refractivity contribution in [1.29, 1.82) is 0 Å². The predicted octanol–water partition coefficient (Wildman–Crippen LogP) is 3.29. The molecule has 1 aromatic heterocycles. The molecule has 4 atom stereocenters. The number of amides is 2.